The number of methoxy groups -OCH3 is 1. The third-order valence-corrected chi connectivity index (χ3v) is 5.63. The van der Waals surface area contributed by atoms with Gasteiger partial charge in [0.25, 0.3) is 0 Å². The topological polar surface area (TPSA) is 166 Å². The summed E-state index contributed by atoms with van der Waals surface area (Å²) in [7, 11) is 1.24. The SMILES string of the molecule is COC(=O)c1coc(C(CO)CC(=S)c2cccc(C(=S)CC(CO)c3nc(C)co3)n2)n1.O=C=O. The van der Waals surface area contributed by atoms with E-state index in [2.05, 4.69) is 19.7 Å². The van der Waals surface area contributed by atoms with Crippen molar-refractivity contribution in [2.75, 3.05) is 20.3 Å². The molecule has 0 aromatic carbocycles. The van der Waals surface area contributed by atoms with Crippen LogP contribution in [0.3, 0.4) is 0 Å². The van der Waals surface area contributed by atoms with Crippen molar-refractivity contribution in [1.29, 1.82) is 0 Å². The van der Waals surface area contributed by atoms with Crippen LogP contribution in [0.1, 0.15) is 64.0 Å². The Balaban J connectivity index is 0.00000145. The number of hydrogen-bond donors (Lipinski definition) is 2. The number of aliphatic hydroxyl groups excluding tert-OH is 2. The van der Waals surface area contributed by atoms with Gasteiger partial charge in [0.1, 0.15) is 12.5 Å². The molecule has 0 radical (unpaired) electrons. The molecule has 0 aliphatic heterocycles. The number of esters is 1. The van der Waals surface area contributed by atoms with Crippen LogP contribution in [-0.2, 0) is 14.3 Å². The molecule has 0 spiro atoms. The number of carbonyl (C=O) groups is 1. The Morgan fingerprint density at radius 3 is 1.89 bits per heavy atom. The molecule has 190 valence electrons. The van der Waals surface area contributed by atoms with Gasteiger partial charge in [0.15, 0.2) is 11.6 Å². The highest BCUT2D eigenvalue weighted by molar-refractivity contribution is 7.81. The average Bonchev–Trinajstić information content (AvgIpc) is 3.55. The van der Waals surface area contributed by atoms with Gasteiger partial charge in [-0.3, -0.25) is 0 Å². The molecule has 3 heterocycles. The fourth-order valence-electron chi connectivity index (χ4n) is 3.10. The zero-order chi connectivity index (χ0) is 26.7. The van der Waals surface area contributed by atoms with Crippen LogP contribution in [-0.4, -0.2) is 67.3 Å². The lowest BCUT2D eigenvalue weighted by Gasteiger charge is -2.13. The lowest BCUT2D eigenvalue weighted by molar-refractivity contribution is -0.191. The molecule has 0 aliphatic rings. The summed E-state index contributed by atoms with van der Waals surface area (Å²) in [5.41, 5.74) is 1.82. The van der Waals surface area contributed by atoms with E-state index in [1.807, 2.05) is 0 Å². The van der Waals surface area contributed by atoms with Gasteiger partial charge in [-0.1, -0.05) is 30.5 Å². The third-order valence-electron chi connectivity index (χ3n) is 4.88. The molecule has 3 aromatic rings. The Morgan fingerprint density at radius 1 is 0.944 bits per heavy atom. The number of thiocarbonyl (C=S) groups is 2. The van der Waals surface area contributed by atoms with Crippen molar-refractivity contribution in [3.63, 3.8) is 0 Å². The number of aryl methyl sites for hydroxylation is 1. The second-order valence-corrected chi connectivity index (χ2v) is 8.38. The first-order valence-electron chi connectivity index (χ1n) is 10.5. The van der Waals surface area contributed by atoms with Crippen LogP contribution in [0, 0.1) is 6.92 Å². The Kier molecular flexibility index (Phi) is 11.3. The summed E-state index contributed by atoms with van der Waals surface area (Å²) in [6, 6.07) is 5.30. The largest absolute Gasteiger partial charge is 0.464 e. The van der Waals surface area contributed by atoms with Crippen LogP contribution in [0.5, 0.6) is 0 Å². The summed E-state index contributed by atoms with van der Waals surface area (Å²) < 4.78 is 15.3. The van der Waals surface area contributed by atoms with Gasteiger partial charge >= 0.3 is 12.1 Å². The van der Waals surface area contributed by atoms with Crippen LogP contribution in [0.15, 0.2) is 39.6 Å². The van der Waals surface area contributed by atoms with E-state index in [0.717, 1.165) is 5.69 Å². The third kappa shape index (κ3) is 7.77. The molecule has 11 nitrogen and oxygen atoms in total. The number of ether oxygens (including phenoxy) is 1. The number of aromatic nitrogens is 3. The molecule has 0 bridgehead atoms. The van der Waals surface area contributed by atoms with E-state index in [-0.39, 0.29) is 43.3 Å². The summed E-state index contributed by atoms with van der Waals surface area (Å²) >= 11 is 11.1. The molecule has 2 unspecified atom stereocenters. The summed E-state index contributed by atoms with van der Waals surface area (Å²) in [5.74, 6) is -0.962. The Hall–Kier alpha value is -3.48. The van der Waals surface area contributed by atoms with Gasteiger partial charge in [0, 0.05) is 9.73 Å². The number of nitrogens with zero attached hydrogens (tertiary/aromatic N) is 3. The average molecular weight is 534 g/mol. The Labute approximate surface area is 216 Å². The molecule has 0 aliphatic carbocycles. The van der Waals surface area contributed by atoms with Gasteiger partial charge in [-0.15, -0.1) is 0 Å². The standard InChI is InChI=1S/C22H23N3O6S2.CO2/c1-12-10-30-20(23-12)13(8-26)6-18(32)15-4-3-5-16(24-15)19(33)7-14(9-27)21-25-17(11-31-21)22(28)29-2;2-1-3/h3-5,10-11,13-14,26-27H,6-9H2,1-2H3;. The van der Waals surface area contributed by atoms with E-state index in [1.165, 1.54) is 19.6 Å². The monoisotopic (exact) mass is 533 g/mol. The van der Waals surface area contributed by atoms with Gasteiger partial charge < -0.3 is 23.8 Å². The Bertz CT molecular complexity index is 1230. The van der Waals surface area contributed by atoms with Crippen molar-refractivity contribution < 1.29 is 38.2 Å². The normalized spacial score (nSPS) is 12.0. The summed E-state index contributed by atoms with van der Waals surface area (Å²) in [6.45, 7) is 1.35. The van der Waals surface area contributed by atoms with Crippen LogP contribution in [0.2, 0.25) is 0 Å². The molecule has 36 heavy (non-hydrogen) atoms. The predicted octanol–water partition coefficient (Wildman–Crippen LogP) is 2.34. The molecule has 2 atom stereocenters. The van der Waals surface area contributed by atoms with Crippen LogP contribution >= 0.6 is 24.4 Å². The minimum absolute atomic E-state index is 0.0158. The first kappa shape index (κ1) is 28.8. The minimum atomic E-state index is -0.631. The van der Waals surface area contributed by atoms with Crippen LogP contribution < -0.4 is 0 Å². The van der Waals surface area contributed by atoms with Crippen molar-refractivity contribution in [3.8, 4) is 0 Å². The highest BCUT2D eigenvalue weighted by Crippen LogP contribution is 2.24. The maximum absolute atomic E-state index is 11.6. The second kappa shape index (κ2) is 14.2. The van der Waals surface area contributed by atoms with Gasteiger partial charge in [-0.25, -0.2) is 19.7 Å². The zero-order valence-corrected chi connectivity index (χ0v) is 21.0. The molecular formula is C23H23N3O8S2. The van der Waals surface area contributed by atoms with E-state index in [0.29, 0.717) is 33.4 Å². The lowest BCUT2D eigenvalue weighted by atomic mass is 10.0. The summed E-state index contributed by atoms with van der Waals surface area (Å²) in [6.07, 6.45) is 3.51. The van der Waals surface area contributed by atoms with Gasteiger partial charge in [0.05, 0.1) is 49.2 Å². The molecule has 0 saturated heterocycles. The number of carbonyl (C=O) groups excluding carboxylic acids is 3. The first-order valence-corrected chi connectivity index (χ1v) is 11.3. The summed E-state index contributed by atoms with van der Waals surface area (Å²) in [5, 5.41) is 19.5. The number of pyridine rings is 1. The van der Waals surface area contributed by atoms with Crippen molar-refractivity contribution in [1.82, 2.24) is 15.0 Å². The number of hydrogen-bond acceptors (Lipinski definition) is 13. The van der Waals surface area contributed by atoms with E-state index in [4.69, 9.17) is 42.9 Å². The molecule has 2 N–H and O–H groups in total. The van der Waals surface area contributed by atoms with Crippen molar-refractivity contribution in [2.45, 2.75) is 31.6 Å². The second-order valence-electron chi connectivity index (χ2n) is 7.39. The quantitative estimate of drug-likeness (QED) is 0.210. The maximum Gasteiger partial charge on any atom is 0.373 e. The van der Waals surface area contributed by atoms with Gasteiger partial charge in [-0.05, 0) is 31.9 Å². The molecule has 0 amide bonds. The predicted molar refractivity (Wildman–Crippen MR) is 131 cm³/mol. The van der Waals surface area contributed by atoms with Gasteiger partial charge in [-0.2, -0.15) is 9.59 Å². The van der Waals surface area contributed by atoms with Crippen LogP contribution in [0.4, 0.5) is 0 Å². The first-order chi connectivity index (χ1) is 17.3. The smallest absolute Gasteiger partial charge is 0.373 e. The lowest BCUT2D eigenvalue weighted by Crippen LogP contribution is -2.15. The molecule has 3 aromatic heterocycles. The zero-order valence-electron chi connectivity index (χ0n) is 19.4. The minimum Gasteiger partial charge on any atom is -0.464 e. The van der Waals surface area contributed by atoms with Crippen molar-refractivity contribution in [3.05, 3.63) is 65.3 Å². The van der Waals surface area contributed by atoms with Crippen molar-refractivity contribution >= 4 is 46.3 Å². The Morgan fingerprint density at radius 2 is 1.44 bits per heavy atom. The number of rotatable bonds is 11. The molecule has 0 fully saturated rings. The van der Waals surface area contributed by atoms with E-state index in [9.17, 15) is 15.0 Å². The van der Waals surface area contributed by atoms with Crippen LogP contribution in [0.25, 0.3) is 0 Å². The molecule has 13 heteroatoms. The fraction of sp³-hybridized carbons (Fsp3) is 0.348. The highest BCUT2D eigenvalue weighted by Gasteiger charge is 2.23. The maximum atomic E-state index is 11.6. The molecule has 3 rings (SSSR count). The fourth-order valence-corrected chi connectivity index (χ4v) is 3.72. The highest BCUT2D eigenvalue weighted by atomic mass is 32.1. The summed E-state index contributed by atoms with van der Waals surface area (Å²) in [4.78, 5) is 41.8. The van der Waals surface area contributed by atoms with E-state index in [1.54, 1.807) is 25.1 Å². The number of oxazole rings is 2. The number of aliphatic hydroxyl groups is 2. The molecular weight excluding hydrogens is 510 g/mol. The van der Waals surface area contributed by atoms with E-state index < -0.39 is 11.9 Å². The van der Waals surface area contributed by atoms with Gasteiger partial charge in [0.2, 0.25) is 5.89 Å². The van der Waals surface area contributed by atoms with E-state index >= 15 is 0 Å². The van der Waals surface area contributed by atoms with Crippen molar-refractivity contribution in [2.24, 2.45) is 0 Å². The molecule has 0 saturated carbocycles.